The summed E-state index contributed by atoms with van der Waals surface area (Å²) in [6.07, 6.45) is 1.64. The molecule has 1 aliphatic rings. The summed E-state index contributed by atoms with van der Waals surface area (Å²) in [6.45, 7) is 5.42. The van der Waals surface area contributed by atoms with Crippen LogP contribution in [0.4, 0.5) is 0 Å². The third-order valence-corrected chi connectivity index (χ3v) is 5.20. The molecule has 1 aromatic carbocycles. The molecule has 0 saturated carbocycles. The minimum absolute atomic E-state index is 0.0366. The number of benzene rings is 1. The van der Waals surface area contributed by atoms with E-state index in [-0.39, 0.29) is 18.4 Å². The molecule has 1 aromatic rings. The first-order valence-electron chi connectivity index (χ1n) is 8.29. The highest BCUT2D eigenvalue weighted by Gasteiger charge is 2.41. The molecular weight excluding hydrogens is 314 g/mol. The average Bonchev–Trinajstić information content (AvgIpc) is 2.59. The molecule has 2 rings (SSSR count). The molecule has 1 fully saturated rings. The number of carbonyl (C=O) groups is 1. The Balaban J connectivity index is 2.14. The van der Waals surface area contributed by atoms with Crippen molar-refractivity contribution in [2.24, 2.45) is 5.92 Å². The van der Waals surface area contributed by atoms with Crippen LogP contribution in [0.5, 0.6) is 0 Å². The maximum absolute atomic E-state index is 12.9. The van der Waals surface area contributed by atoms with Crippen LogP contribution in [0, 0.1) is 5.92 Å². The van der Waals surface area contributed by atoms with Gasteiger partial charge >= 0.3 is 0 Å². The van der Waals surface area contributed by atoms with E-state index in [4.69, 9.17) is 16.3 Å². The zero-order valence-electron chi connectivity index (χ0n) is 13.8. The monoisotopic (exact) mass is 339 g/mol. The van der Waals surface area contributed by atoms with Gasteiger partial charge in [-0.05, 0) is 36.5 Å². The van der Waals surface area contributed by atoms with Gasteiger partial charge < -0.3 is 15.2 Å². The van der Waals surface area contributed by atoms with Crippen LogP contribution in [0.25, 0.3) is 0 Å². The number of nitrogens with one attached hydrogen (secondary N) is 1. The third kappa shape index (κ3) is 4.25. The summed E-state index contributed by atoms with van der Waals surface area (Å²) >= 11 is 5.97. The second kappa shape index (κ2) is 8.13. The van der Waals surface area contributed by atoms with Crippen LogP contribution in [-0.4, -0.2) is 36.9 Å². The quantitative estimate of drug-likeness (QED) is 0.837. The zero-order chi connectivity index (χ0) is 16.9. The van der Waals surface area contributed by atoms with E-state index in [2.05, 4.69) is 5.32 Å². The van der Waals surface area contributed by atoms with Gasteiger partial charge in [0, 0.05) is 24.8 Å². The van der Waals surface area contributed by atoms with Crippen molar-refractivity contribution in [1.29, 1.82) is 0 Å². The lowest BCUT2D eigenvalue weighted by Gasteiger charge is -2.36. The van der Waals surface area contributed by atoms with E-state index in [0.29, 0.717) is 31.1 Å². The summed E-state index contributed by atoms with van der Waals surface area (Å²) in [6, 6.07) is 7.46. The van der Waals surface area contributed by atoms with Crippen molar-refractivity contribution in [3.05, 3.63) is 34.9 Å². The van der Waals surface area contributed by atoms with E-state index in [1.807, 2.05) is 38.1 Å². The summed E-state index contributed by atoms with van der Waals surface area (Å²) in [7, 11) is 0. The third-order valence-electron chi connectivity index (χ3n) is 4.95. The molecule has 0 aromatic heterocycles. The lowest BCUT2D eigenvalue weighted by atomic mass is 9.73. The Morgan fingerprint density at radius 1 is 1.35 bits per heavy atom. The molecule has 2 atom stereocenters. The summed E-state index contributed by atoms with van der Waals surface area (Å²) in [4.78, 5) is 12.9. The number of aliphatic hydroxyl groups excluding tert-OH is 1. The summed E-state index contributed by atoms with van der Waals surface area (Å²) in [5, 5.41) is 13.7. The number of aliphatic hydroxyl groups is 1. The molecule has 1 saturated heterocycles. The van der Waals surface area contributed by atoms with E-state index >= 15 is 0 Å². The summed E-state index contributed by atoms with van der Waals surface area (Å²) < 4.78 is 5.45. The average molecular weight is 340 g/mol. The van der Waals surface area contributed by atoms with E-state index in [1.165, 1.54) is 0 Å². The van der Waals surface area contributed by atoms with Crippen molar-refractivity contribution >= 4 is 17.5 Å². The van der Waals surface area contributed by atoms with Gasteiger partial charge in [0.25, 0.3) is 0 Å². The van der Waals surface area contributed by atoms with Gasteiger partial charge in [-0.3, -0.25) is 4.79 Å². The molecule has 0 bridgehead atoms. The number of halogens is 1. The Kier molecular flexibility index (Phi) is 6.45. The van der Waals surface area contributed by atoms with Crippen LogP contribution in [0.3, 0.4) is 0 Å². The van der Waals surface area contributed by atoms with Gasteiger partial charge in [0.05, 0.1) is 11.5 Å². The lowest BCUT2D eigenvalue weighted by molar-refractivity contribution is -0.131. The van der Waals surface area contributed by atoms with Crippen LogP contribution in [0.1, 0.15) is 38.7 Å². The highest BCUT2D eigenvalue weighted by molar-refractivity contribution is 6.30. The van der Waals surface area contributed by atoms with Gasteiger partial charge in [-0.1, -0.05) is 44.0 Å². The zero-order valence-corrected chi connectivity index (χ0v) is 14.6. The van der Waals surface area contributed by atoms with Crippen LogP contribution < -0.4 is 5.32 Å². The van der Waals surface area contributed by atoms with Gasteiger partial charge in [0.1, 0.15) is 0 Å². The van der Waals surface area contributed by atoms with Gasteiger partial charge in [0.15, 0.2) is 0 Å². The molecule has 1 heterocycles. The standard InChI is InChI=1S/C18H26ClNO3/c1-3-13(2)16(21)12-20-17(22)18(8-10-23-11-9-18)14-4-6-15(19)7-5-14/h4-7,13,16,21H,3,8-12H2,1-2H3,(H,20,22). The molecule has 1 amide bonds. The Morgan fingerprint density at radius 2 is 1.96 bits per heavy atom. The first-order valence-corrected chi connectivity index (χ1v) is 8.67. The molecule has 4 nitrogen and oxygen atoms in total. The normalized spacial score (nSPS) is 19.8. The fourth-order valence-electron chi connectivity index (χ4n) is 2.98. The van der Waals surface area contributed by atoms with Crippen molar-refractivity contribution in [1.82, 2.24) is 5.32 Å². The second-order valence-electron chi connectivity index (χ2n) is 6.36. The van der Waals surface area contributed by atoms with Crippen molar-refractivity contribution < 1.29 is 14.6 Å². The lowest BCUT2D eigenvalue weighted by Crippen LogP contribution is -2.50. The largest absolute Gasteiger partial charge is 0.391 e. The maximum Gasteiger partial charge on any atom is 0.230 e. The fraction of sp³-hybridized carbons (Fsp3) is 0.611. The molecule has 1 aliphatic heterocycles. The maximum atomic E-state index is 12.9. The summed E-state index contributed by atoms with van der Waals surface area (Å²) in [5.41, 5.74) is 0.360. The Hall–Kier alpha value is -1.10. The molecule has 128 valence electrons. The Morgan fingerprint density at radius 3 is 2.52 bits per heavy atom. The molecule has 23 heavy (non-hydrogen) atoms. The van der Waals surface area contributed by atoms with E-state index in [9.17, 15) is 9.90 Å². The molecular formula is C18H26ClNO3. The number of hydrogen-bond donors (Lipinski definition) is 2. The van der Waals surface area contributed by atoms with Crippen LogP contribution in [0.15, 0.2) is 24.3 Å². The number of hydrogen-bond acceptors (Lipinski definition) is 3. The predicted molar refractivity (Wildman–Crippen MR) is 91.7 cm³/mol. The SMILES string of the molecule is CCC(C)C(O)CNC(=O)C1(c2ccc(Cl)cc2)CCOCC1. The number of ether oxygens (including phenoxy) is 1. The van der Waals surface area contributed by atoms with Crippen LogP contribution in [-0.2, 0) is 14.9 Å². The predicted octanol–water partition coefficient (Wildman–Crippen LogP) is 2.91. The highest BCUT2D eigenvalue weighted by atomic mass is 35.5. The molecule has 2 N–H and O–H groups in total. The topological polar surface area (TPSA) is 58.6 Å². The van der Waals surface area contributed by atoms with Gasteiger partial charge in [0.2, 0.25) is 5.91 Å². The van der Waals surface area contributed by atoms with Crippen molar-refractivity contribution in [2.75, 3.05) is 19.8 Å². The second-order valence-corrected chi connectivity index (χ2v) is 6.80. The van der Waals surface area contributed by atoms with Crippen molar-refractivity contribution in [3.63, 3.8) is 0 Å². The Labute approximate surface area is 143 Å². The van der Waals surface area contributed by atoms with Crippen LogP contribution in [0.2, 0.25) is 5.02 Å². The van der Waals surface area contributed by atoms with Gasteiger partial charge in [-0.25, -0.2) is 0 Å². The van der Waals surface area contributed by atoms with Gasteiger partial charge in [-0.2, -0.15) is 0 Å². The van der Waals surface area contributed by atoms with Gasteiger partial charge in [-0.15, -0.1) is 0 Å². The number of amides is 1. The number of rotatable bonds is 6. The van der Waals surface area contributed by atoms with E-state index in [0.717, 1.165) is 12.0 Å². The highest BCUT2D eigenvalue weighted by Crippen LogP contribution is 2.35. The van der Waals surface area contributed by atoms with E-state index in [1.54, 1.807) is 0 Å². The number of carbonyl (C=O) groups excluding carboxylic acids is 1. The smallest absolute Gasteiger partial charge is 0.230 e. The minimum Gasteiger partial charge on any atom is -0.391 e. The van der Waals surface area contributed by atoms with Crippen LogP contribution >= 0.6 is 11.6 Å². The Bertz CT molecular complexity index is 512. The molecule has 0 radical (unpaired) electrons. The molecule has 0 spiro atoms. The van der Waals surface area contributed by atoms with Crippen molar-refractivity contribution in [3.8, 4) is 0 Å². The fourth-order valence-corrected chi connectivity index (χ4v) is 3.10. The minimum atomic E-state index is -0.599. The molecule has 2 unspecified atom stereocenters. The van der Waals surface area contributed by atoms with E-state index < -0.39 is 11.5 Å². The molecule has 5 heteroatoms. The molecule has 0 aliphatic carbocycles. The first-order chi connectivity index (χ1) is 11.0. The van der Waals surface area contributed by atoms with Crippen molar-refractivity contribution in [2.45, 2.75) is 44.6 Å². The summed E-state index contributed by atoms with van der Waals surface area (Å²) in [5.74, 6) is 0.127. The first kappa shape index (κ1) is 18.2.